The standard InChI is InChI=1S/C10H10BrClN2O/c1-6(11)5-14-10(15)9-7(12)3-2-4-8(9)13/h2-4H,1,5,13H2,(H,14,15). The minimum atomic E-state index is -0.307. The van der Waals surface area contributed by atoms with Crippen LogP contribution < -0.4 is 11.1 Å². The normalized spacial score (nSPS) is 9.73. The lowest BCUT2D eigenvalue weighted by molar-refractivity contribution is 0.0959. The first-order chi connectivity index (χ1) is 7.02. The van der Waals surface area contributed by atoms with Crippen molar-refractivity contribution in [2.45, 2.75) is 0 Å². The summed E-state index contributed by atoms with van der Waals surface area (Å²) in [6.45, 7) is 3.94. The van der Waals surface area contributed by atoms with Crippen molar-refractivity contribution >= 4 is 39.1 Å². The highest BCUT2D eigenvalue weighted by Crippen LogP contribution is 2.21. The summed E-state index contributed by atoms with van der Waals surface area (Å²) in [6, 6.07) is 4.94. The molecule has 0 aliphatic rings. The van der Waals surface area contributed by atoms with Gasteiger partial charge in [-0.15, -0.1) is 0 Å². The first-order valence-electron chi connectivity index (χ1n) is 4.18. The number of rotatable bonds is 3. The summed E-state index contributed by atoms with van der Waals surface area (Å²) in [7, 11) is 0. The van der Waals surface area contributed by atoms with Crippen molar-refractivity contribution in [2.24, 2.45) is 0 Å². The van der Waals surface area contributed by atoms with E-state index in [2.05, 4.69) is 27.8 Å². The summed E-state index contributed by atoms with van der Waals surface area (Å²) in [6.07, 6.45) is 0. The molecule has 0 fully saturated rings. The molecule has 0 spiro atoms. The van der Waals surface area contributed by atoms with E-state index in [0.717, 1.165) is 0 Å². The van der Waals surface area contributed by atoms with Crippen LogP contribution >= 0.6 is 27.5 Å². The van der Waals surface area contributed by atoms with Gasteiger partial charge in [0.1, 0.15) is 0 Å². The number of halogens is 2. The van der Waals surface area contributed by atoms with Crippen molar-refractivity contribution in [1.29, 1.82) is 0 Å². The lowest BCUT2D eigenvalue weighted by Crippen LogP contribution is -2.25. The minimum absolute atomic E-state index is 0.299. The smallest absolute Gasteiger partial charge is 0.255 e. The van der Waals surface area contributed by atoms with Crippen molar-refractivity contribution in [3.05, 3.63) is 39.8 Å². The van der Waals surface area contributed by atoms with Gasteiger partial charge in [0.25, 0.3) is 5.91 Å². The Kier molecular flexibility index (Phi) is 4.17. The second-order valence-corrected chi connectivity index (χ2v) is 4.43. The summed E-state index contributed by atoms with van der Waals surface area (Å²) in [5.41, 5.74) is 6.31. The number of anilines is 1. The summed E-state index contributed by atoms with van der Waals surface area (Å²) in [5.74, 6) is -0.307. The monoisotopic (exact) mass is 288 g/mol. The van der Waals surface area contributed by atoms with Crippen LogP contribution in [0.3, 0.4) is 0 Å². The van der Waals surface area contributed by atoms with Gasteiger partial charge in [-0.25, -0.2) is 0 Å². The first-order valence-corrected chi connectivity index (χ1v) is 5.35. The van der Waals surface area contributed by atoms with Crippen LogP contribution in [0.5, 0.6) is 0 Å². The van der Waals surface area contributed by atoms with Crippen LogP contribution in [-0.2, 0) is 0 Å². The van der Waals surface area contributed by atoms with Gasteiger partial charge >= 0.3 is 0 Å². The third kappa shape index (κ3) is 3.25. The summed E-state index contributed by atoms with van der Waals surface area (Å²) in [4.78, 5) is 11.7. The third-order valence-corrected chi connectivity index (χ3v) is 2.31. The van der Waals surface area contributed by atoms with Crippen LogP contribution in [0, 0.1) is 0 Å². The minimum Gasteiger partial charge on any atom is -0.398 e. The van der Waals surface area contributed by atoms with E-state index < -0.39 is 0 Å². The van der Waals surface area contributed by atoms with Crippen molar-refractivity contribution in [3.8, 4) is 0 Å². The number of nitrogen functional groups attached to an aromatic ring is 1. The second kappa shape index (κ2) is 5.19. The summed E-state index contributed by atoms with van der Waals surface area (Å²) >= 11 is 9.00. The molecule has 1 aromatic carbocycles. The maximum atomic E-state index is 11.7. The van der Waals surface area contributed by atoms with E-state index >= 15 is 0 Å². The molecule has 0 aliphatic carbocycles. The molecule has 0 radical (unpaired) electrons. The molecule has 3 N–H and O–H groups in total. The molecule has 0 aliphatic heterocycles. The molecule has 0 saturated carbocycles. The lowest BCUT2D eigenvalue weighted by Gasteiger charge is -2.08. The van der Waals surface area contributed by atoms with Gasteiger partial charge in [-0.2, -0.15) is 0 Å². The molecule has 0 saturated heterocycles. The Bertz CT molecular complexity index is 386. The van der Waals surface area contributed by atoms with Gasteiger partial charge in [0.15, 0.2) is 0 Å². The predicted octanol–water partition coefficient (Wildman–Crippen LogP) is 2.56. The van der Waals surface area contributed by atoms with Crippen molar-refractivity contribution in [1.82, 2.24) is 5.32 Å². The van der Waals surface area contributed by atoms with E-state index in [1.54, 1.807) is 18.2 Å². The SMILES string of the molecule is C=C(Br)CNC(=O)c1c(N)cccc1Cl. The molecule has 5 heteroatoms. The fraction of sp³-hybridized carbons (Fsp3) is 0.100. The van der Waals surface area contributed by atoms with Crippen LogP contribution in [0.25, 0.3) is 0 Å². The van der Waals surface area contributed by atoms with Crippen molar-refractivity contribution in [3.63, 3.8) is 0 Å². The molecule has 80 valence electrons. The topological polar surface area (TPSA) is 55.1 Å². The third-order valence-electron chi connectivity index (χ3n) is 1.71. The predicted molar refractivity (Wildman–Crippen MR) is 66.3 cm³/mol. The van der Waals surface area contributed by atoms with Crippen molar-refractivity contribution in [2.75, 3.05) is 12.3 Å². The number of hydrogen-bond donors (Lipinski definition) is 2. The largest absolute Gasteiger partial charge is 0.398 e. The van der Waals surface area contributed by atoms with Gasteiger partial charge in [0.2, 0.25) is 0 Å². The van der Waals surface area contributed by atoms with E-state index in [1.165, 1.54) is 0 Å². The zero-order valence-corrected chi connectivity index (χ0v) is 10.2. The number of hydrogen-bond acceptors (Lipinski definition) is 2. The van der Waals surface area contributed by atoms with Crippen LogP contribution in [0.15, 0.2) is 29.3 Å². The van der Waals surface area contributed by atoms with Gasteiger partial charge in [0, 0.05) is 16.7 Å². The van der Waals surface area contributed by atoms with E-state index in [0.29, 0.717) is 27.3 Å². The molecule has 0 aromatic heterocycles. The van der Waals surface area contributed by atoms with Gasteiger partial charge in [-0.1, -0.05) is 40.2 Å². The Hall–Kier alpha value is -1.00. The zero-order valence-electron chi connectivity index (χ0n) is 7.89. The highest BCUT2D eigenvalue weighted by Gasteiger charge is 2.12. The Morgan fingerprint density at radius 3 is 2.80 bits per heavy atom. The maximum Gasteiger partial charge on any atom is 0.255 e. The average molecular weight is 290 g/mol. The maximum absolute atomic E-state index is 11.7. The number of carbonyl (C=O) groups excluding carboxylic acids is 1. The van der Waals surface area contributed by atoms with Crippen LogP contribution in [0.1, 0.15) is 10.4 Å². The number of nitrogens with one attached hydrogen (secondary N) is 1. The molecule has 3 nitrogen and oxygen atoms in total. The Morgan fingerprint density at radius 1 is 1.60 bits per heavy atom. The van der Waals surface area contributed by atoms with Crippen LogP contribution in [-0.4, -0.2) is 12.5 Å². The molecule has 0 unspecified atom stereocenters. The van der Waals surface area contributed by atoms with Gasteiger partial charge in [-0.05, 0) is 12.1 Å². The zero-order chi connectivity index (χ0) is 11.4. The highest BCUT2D eigenvalue weighted by atomic mass is 79.9. The Morgan fingerprint density at radius 2 is 2.27 bits per heavy atom. The molecule has 1 rings (SSSR count). The Balaban J connectivity index is 2.86. The second-order valence-electron chi connectivity index (χ2n) is 2.90. The van der Waals surface area contributed by atoms with Gasteiger partial charge in [0.05, 0.1) is 10.6 Å². The first kappa shape index (κ1) is 12.1. The molecule has 0 heterocycles. The van der Waals surface area contributed by atoms with E-state index in [9.17, 15) is 4.79 Å². The number of amides is 1. The van der Waals surface area contributed by atoms with Gasteiger partial charge < -0.3 is 11.1 Å². The van der Waals surface area contributed by atoms with Gasteiger partial charge in [-0.3, -0.25) is 4.79 Å². The number of benzene rings is 1. The molecule has 1 amide bonds. The summed E-state index contributed by atoms with van der Waals surface area (Å²) < 4.78 is 0.682. The van der Waals surface area contributed by atoms with Crippen molar-refractivity contribution < 1.29 is 4.79 Å². The fourth-order valence-corrected chi connectivity index (χ4v) is 1.45. The van der Waals surface area contributed by atoms with E-state index in [1.807, 2.05) is 0 Å². The average Bonchev–Trinajstić information content (AvgIpc) is 2.14. The highest BCUT2D eigenvalue weighted by molar-refractivity contribution is 9.11. The number of nitrogens with two attached hydrogens (primary N) is 1. The quantitative estimate of drug-likeness (QED) is 0.840. The van der Waals surface area contributed by atoms with E-state index in [-0.39, 0.29) is 5.91 Å². The molecule has 15 heavy (non-hydrogen) atoms. The Labute approximate surface area is 101 Å². The lowest BCUT2D eigenvalue weighted by atomic mass is 10.1. The molecular weight excluding hydrogens is 279 g/mol. The van der Waals surface area contributed by atoms with Crippen LogP contribution in [0.4, 0.5) is 5.69 Å². The fourth-order valence-electron chi connectivity index (χ4n) is 1.04. The molecule has 0 bridgehead atoms. The number of carbonyl (C=O) groups is 1. The molecule has 0 atom stereocenters. The van der Waals surface area contributed by atoms with E-state index in [4.69, 9.17) is 17.3 Å². The molecule has 1 aromatic rings. The van der Waals surface area contributed by atoms with Crippen LogP contribution in [0.2, 0.25) is 5.02 Å². The molecular formula is C10H10BrClN2O. The summed E-state index contributed by atoms with van der Waals surface area (Å²) in [5, 5.41) is 2.97.